The summed E-state index contributed by atoms with van der Waals surface area (Å²) in [7, 11) is 0. The Kier molecular flexibility index (Phi) is 4.04. The van der Waals surface area contributed by atoms with Crippen molar-refractivity contribution in [1.82, 2.24) is 9.97 Å². The van der Waals surface area contributed by atoms with E-state index in [9.17, 15) is 0 Å². The predicted octanol–water partition coefficient (Wildman–Crippen LogP) is 2.19. The third kappa shape index (κ3) is 3.55. The highest BCUT2D eigenvalue weighted by Gasteiger charge is 2.09. The summed E-state index contributed by atoms with van der Waals surface area (Å²) in [6.07, 6.45) is 4.16. The van der Waals surface area contributed by atoms with Gasteiger partial charge in [-0.1, -0.05) is 13.8 Å². The number of rotatable bonds is 4. The molecular weight excluding hydrogens is 188 g/mol. The molecule has 0 fully saturated rings. The smallest absolute Gasteiger partial charge is 0.182 e. The Morgan fingerprint density at radius 2 is 2.00 bits per heavy atom. The molecular formula is C11H16N4. The number of anilines is 1. The minimum Gasteiger partial charge on any atom is -0.365 e. The molecule has 1 atom stereocenters. The van der Waals surface area contributed by atoms with Gasteiger partial charge in [0, 0.05) is 18.4 Å². The van der Waals surface area contributed by atoms with Gasteiger partial charge in [0.1, 0.15) is 6.07 Å². The third-order valence-electron chi connectivity index (χ3n) is 2.01. The summed E-state index contributed by atoms with van der Waals surface area (Å²) in [5.74, 6) is 1.20. The summed E-state index contributed by atoms with van der Waals surface area (Å²) < 4.78 is 0. The van der Waals surface area contributed by atoms with Crippen LogP contribution in [0.4, 0.5) is 5.82 Å². The van der Waals surface area contributed by atoms with Gasteiger partial charge in [0.25, 0.3) is 0 Å². The summed E-state index contributed by atoms with van der Waals surface area (Å²) in [5.41, 5.74) is 0.355. The maximum absolute atomic E-state index is 8.82. The molecule has 1 aromatic heterocycles. The van der Waals surface area contributed by atoms with E-state index in [1.54, 1.807) is 6.20 Å². The Labute approximate surface area is 90.4 Å². The van der Waals surface area contributed by atoms with Crippen LogP contribution in [-0.4, -0.2) is 16.0 Å². The maximum atomic E-state index is 8.82. The molecule has 0 amide bonds. The van der Waals surface area contributed by atoms with Crippen LogP contribution in [0.15, 0.2) is 12.4 Å². The highest BCUT2D eigenvalue weighted by molar-refractivity contribution is 5.47. The van der Waals surface area contributed by atoms with Gasteiger partial charge < -0.3 is 5.32 Å². The van der Waals surface area contributed by atoms with Crippen LogP contribution in [0.1, 0.15) is 32.9 Å². The first kappa shape index (κ1) is 11.4. The highest BCUT2D eigenvalue weighted by Crippen LogP contribution is 2.12. The van der Waals surface area contributed by atoms with Crippen molar-refractivity contribution in [2.45, 2.75) is 33.2 Å². The number of hydrogen-bond donors (Lipinski definition) is 1. The molecule has 0 aliphatic rings. The molecule has 0 aliphatic heterocycles. The van der Waals surface area contributed by atoms with Crippen molar-refractivity contribution in [3.8, 4) is 6.07 Å². The standard InChI is InChI=1S/C11H16N4/c1-8(2)6-9(3)15-11-10(7-12)13-4-5-14-11/h4-5,8-9H,6H2,1-3H3,(H,14,15). The second-order valence-corrected chi connectivity index (χ2v) is 4.04. The summed E-state index contributed by atoms with van der Waals surface area (Å²) in [6.45, 7) is 6.41. The van der Waals surface area contributed by atoms with Gasteiger partial charge in [-0.25, -0.2) is 9.97 Å². The predicted molar refractivity (Wildman–Crippen MR) is 59.3 cm³/mol. The lowest BCUT2D eigenvalue weighted by molar-refractivity contribution is 0.538. The molecule has 15 heavy (non-hydrogen) atoms. The van der Waals surface area contributed by atoms with Crippen molar-refractivity contribution < 1.29 is 0 Å². The van der Waals surface area contributed by atoms with Crippen LogP contribution in [0.2, 0.25) is 0 Å². The number of aromatic nitrogens is 2. The van der Waals surface area contributed by atoms with Crippen LogP contribution in [-0.2, 0) is 0 Å². The Bertz CT molecular complexity index is 354. The van der Waals surface area contributed by atoms with E-state index in [4.69, 9.17) is 5.26 Å². The Hall–Kier alpha value is -1.63. The zero-order valence-electron chi connectivity index (χ0n) is 9.36. The topological polar surface area (TPSA) is 61.6 Å². The van der Waals surface area contributed by atoms with Crippen LogP contribution >= 0.6 is 0 Å². The van der Waals surface area contributed by atoms with E-state index in [1.807, 2.05) is 6.07 Å². The molecule has 80 valence electrons. The van der Waals surface area contributed by atoms with Crippen LogP contribution in [0.3, 0.4) is 0 Å². The van der Waals surface area contributed by atoms with Crippen LogP contribution in [0.5, 0.6) is 0 Å². The number of nitriles is 1. The largest absolute Gasteiger partial charge is 0.365 e. The summed E-state index contributed by atoms with van der Waals surface area (Å²) in [5, 5.41) is 12.0. The first-order chi connectivity index (χ1) is 7.13. The van der Waals surface area contributed by atoms with E-state index in [0.717, 1.165) is 6.42 Å². The molecule has 0 saturated carbocycles. The Morgan fingerprint density at radius 1 is 1.33 bits per heavy atom. The third-order valence-corrected chi connectivity index (χ3v) is 2.01. The van der Waals surface area contributed by atoms with Gasteiger partial charge in [-0.2, -0.15) is 5.26 Å². The van der Waals surface area contributed by atoms with Crippen molar-refractivity contribution in [2.75, 3.05) is 5.32 Å². The van der Waals surface area contributed by atoms with Gasteiger partial charge in [-0.15, -0.1) is 0 Å². The van der Waals surface area contributed by atoms with Crippen LogP contribution in [0.25, 0.3) is 0 Å². The van der Waals surface area contributed by atoms with E-state index >= 15 is 0 Å². The van der Waals surface area contributed by atoms with Crippen molar-refractivity contribution >= 4 is 5.82 Å². The van der Waals surface area contributed by atoms with Gasteiger partial charge in [0.2, 0.25) is 0 Å². The highest BCUT2D eigenvalue weighted by atomic mass is 15.0. The lowest BCUT2D eigenvalue weighted by Gasteiger charge is -2.16. The molecule has 0 aliphatic carbocycles. The average molecular weight is 204 g/mol. The van der Waals surface area contributed by atoms with E-state index in [0.29, 0.717) is 23.5 Å². The SMILES string of the molecule is CC(C)CC(C)Nc1nccnc1C#N. The van der Waals surface area contributed by atoms with Crippen molar-refractivity contribution in [2.24, 2.45) is 5.92 Å². The van der Waals surface area contributed by atoms with Gasteiger partial charge in [0.15, 0.2) is 11.5 Å². The van der Waals surface area contributed by atoms with Crippen LogP contribution < -0.4 is 5.32 Å². The molecule has 0 radical (unpaired) electrons. The van der Waals surface area contributed by atoms with Gasteiger partial charge >= 0.3 is 0 Å². The normalized spacial score (nSPS) is 12.2. The lowest BCUT2D eigenvalue weighted by atomic mass is 10.1. The second kappa shape index (κ2) is 5.30. The van der Waals surface area contributed by atoms with E-state index in [2.05, 4.69) is 36.1 Å². The summed E-state index contributed by atoms with van der Waals surface area (Å²) >= 11 is 0. The summed E-state index contributed by atoms with van der Waals surface area (Å²) in [4.78, 5) is 8.04. The summed E-state index contributed by atoms with van der Waals surface area (Å²) in [6, 6.07) is 2.32. The quantitative estimate of drug-likeness (QED) is 0.816. The Balaban J connectivity index is 2.68. The fraction of sp³-hybridized carbons (Fsp3) is 0.545. The molecule has 0 bridgehead atoms. The average Bonchev–Trinajstić information content (AvgIpc) is 2.17. The molecule has 1 aromatic rings. The number of hydrogen-bond acceptors (Lipinski definition) is 4. The molecule has 0 saturated heterocycles. The van der Waals surface area contributed by atoms with Crippen molar-refractivity contribution in [3.05, 3.63) is 18.1 Å². The monoisotopic (exact) mass is 204 g/mol. The molecule has 1 rings (SSSR count). The fourth-order valence-corrected chi connectivity index (χ4v) is 1.52. The van der Waals surface area contributed by atoms with Gasteiger partial charge in [0.05, 0.1) is 0 Å². The molecule has 4 nitrogen and oxygen atoms in total. The second-order valence-electron chi connectivity index (χ2n) is 4.04. The minimum atomic E-state index is 0.300. The lowest BCUT2D eigenvalue weighted by Crippen LogP contribution is -2.19. The molecule has 1 heterocycles. The molecule has 0 aromatic carbocycles. The van der Waals surface area contributed by atoms with Crippen LogP contribution in [0, 0.1) is 17.2 Å². The first-order valence-corrected chi connectivity index (χ1v) is 5.11. The van der Waals surface area contributed by atoms with Gasteiger partial charge in [-0.3, -0.25) is 0 Å². The zero-order chi connectivity index (χ0) is 11.3. The zero-order valence-corrected chi connectivity index (χ0v) is 9.36. The van der Waals surface area contributed by atoms with Gasteiger partial charge in [-0.05, 0) is 19.3 Å². The van der Waals surface area contributed by atoms with Crippen molar-refractivity contribution in [3.63, 3.8) is 0 Å². The molecule has 4 heteroatoms. The van der Waals surface area contributed by atoms with E-state index < -0.39 is 0 Å². The molecule has 0 spiro atoms. The molecule has 1 unspecified atom stereocenters. The maximum Gasteiger partial charge on any atom is 0.182 e. The fourth-order valence-electron chi connectivity index (χ4n) is 1.52. The Morgan fingerprint density at radius 3 is 2.60 bits per heavy atom. The number of nitrogens with zero attached hydrogens (tertiary/aromatic N) is 3. The van der Waals surface area contributed by atoms with E-state index in [-0.39, 0.29) is 0 Å². The van der Waals surface area contributed by atoms with Crippen molar-refractivity contribution in [1.29, 1.82) is 5.26 Å². The van der Waals surface area contributed by atoms with E-state index in [1.165, 1.54) is 6.20 Å². The molecule has 1 N–H and O–H groups in total. The number of nitrogens with one attached hydrogen (secondary N) is 1. The first-order valence-electron chi connectivity index (χ1n) is 5.11. The minimum absolute atomic E-state index is 0.300.